The Hall–Kier alpha value is -1.13. The van der Waals surface area contributed by atoms with Gasteiger partial charge in [0.2, 0.25) is 0 Å². The molecule has 0 radical (unpaired) electrons. The largest absolute Gasteiger partial charge is 0.308 e. The average molecular weight is 235 g/mol. The monoisotopic (exact) mass is 235 g/mol. The summed E-state index contributed by atoms with van der Waals surface area (Å²) >= 11 is 1.76. The molecule has 3 nitrogen and oxygen atoms in total. The molecule has 0 saturated heterocycles. The van der Waals surface area contributed by atoms with E-state index < -0.39 is 0 Å². The first-order valence-electron chi connectivity index (χ1n) is 5.41. The second-order valence-corrected chi connectivity index (χ2v) is 4.84. The average Bonchev–Trinajstić information content (AvgIpc) is 2.79. The minimum Gasteiger partial charge on any atom is -0.308 e. The van der Waals surface area contributed by atoms with Crippen LogP contribution in [0.2, 0.25) is 0 Å². The second-order valence-electron chi connectivity index (χ2n) is 4.10. The molecule has 0 unspecified atom stereocenters. The molecule has 2 aromatic rings. The molecule has 0 saturated carbocycles. The topological polar surface area (TPSA) is 40.7 Å². The fourth-order valence-corrected chi connectivity index (χ4v) is 2.58. The van der Waals surface area contributed by atoms with Crippen molar-refractivity contribution in [2.75, 3.05) is 0 Å². The summed E-state index contributed by atoms with van der Waals surface area (Å²) in [5.74, 6) is 0. The molecule has 2 aromatic heterocycles. The van der Waals surface area contributed by atoms with E-state index in [1.165, 1.54) is 16.7 Å². The van der Waals surface area contributed by atoms with Crippen LogP contribution in [-0.2, 0) is 13.1 Å². The van der Waals surface area contributed by atoms with Crippen molar-refractivity contribution in [1.82, 2.24) is 15.5 Å². The number of aryl methyl sites for hydroxylation is 3. The van der Waals surface area contributed by atoms with Crippen LogP contribution in [0.1, 0.15) is 28.1 Å². The molecule has 0 aliphatic carbocycles. The molecule has 86 valence electrons. The van der Waals surface area contributed by atoms with Gasteiger partial charge in [-0.25, -0.2) is 0 Å². The summed E-state index contributed by atoms with van der Waals surface area (Å²) in [6.45, 7) is 8.06. The molecular formula is C12H17N3S. The minimum absolute atomic E-state index is 0.878. The molecule has 0 fully saturated rings. The Bertz CT molecular complexity index is 451. The zero-order chi connectivity index (χ0) is 11.5. The highest BCUT2D eigenvalue weighted by Gasteiger charge is 2.05. The zero-order valence-corrected chi connectivity index (χ0v) is 10.7. The lowest BCUT2D eigenvalue weighted by Gasteiger charge is -2.04. The highest BCUT2D eigenvalue weighted by atomic mass is 32.1. The number of nitrogens with one attached hydrogen (secondary N) is 2. The lowest BCUT2D eigenvalue weighted by Crippen LogP contribution is -2.13. The number of hydrogen-bond acceptors (Lipinski definition) is 3. The minimum atomic E-state index is 0.878. The molecule has 0 bridgehead atoms. The Labute approximate surface area is 99.9 Å². The van der Waals surface area contributed by atoms with E-state index in [1.54, 1.807) is 11.3 Å². The van der Waals surface area contributed by atoms with Gasteiger partial charge in [-0.15, -0.1) is 0 Å². The molecule has 2 N–H and O–H groups in total. The Morgan fingerprint density at radius 2 is 2.06 bits per heavy atom. The first kappa shape index (κ1) is 11.4. The standard InChI is InChI=1S/C12H17N3S/c1-8-6-16-7-11(8)4-13-5-12-9(2)14-15-10(12)3/h6-7,13H,4-5H2,1-3H3,(H,14,15). The molecule has 0 spiro atoms. The number of rotatable bonds is 4. The molecule has 0 aromatic carbocycles. The molecule has 0 aliphatic heterocycles. The van der Waals surface area contributed by atoms with Crippen LogP contribution in [-0.4, -0.2) is 10.2 Å². The van der Waals surface area contributed by atoms with Crippen LogP contribution in [0.5, 0.6) is 0 Å². The number of H-pyrrole nitrogens is 1. The van der Waals surface area contributed by atoms with Crippen molar-refractivity contribution in [2.24, 2.45) is 0 Å². The van der Waals surface area contributed by atoms with Gasteiger partial charge < -0.3 is 5.32 Å². The Balaban J connectivity index is 1.92. The summed E-state index contributed by atoms with van der Waals surface area (Å²) in [6.07, 6.45) is 0. The van der Waals surface area contributed by atoms with Crippen molar-refractivity contribution >= 4 is 11.3 Å². The third kappa shape index (κ3) is 2.33. The molecule has 16 heavy (non-hydrogen) atoms. The van der Waals surface area contributed by atoms with Gasteiger partial charge in [0.15, 0.2) is 0 Å². The van der Waals surface area contributed by atoms with Crippen molar-refractivity contribution in [3.05, 3.63) is 38.8 Å². The van der Waals surface area contributed by atoms with Crippen molar-refractivity contribution < 1.29 is 0 Å². The summed E-state index contributed by atoms with van der Waals surface area (Å²) in [6, 6.07) is 0. The van der Waals surface area contributed by atoms with Gasteiger partial charge in [-0.1, -0.05) is 0 Å². The number of hydrogen-bond donors (Lipinski definition) is 2. The first-order chi connectivity index (χ1) is 7.68. The molecule has 2 heterocycles. The second kappa shape index (κ2) is 4.80. The van der Waals surface area contributed by atoms with Gasteiger partial charge in [-0.2, -0.15) is 16.4 Å². The van der Waals surface area contributed by atoms with E-state index in [4.69, 9.17) is 0 Å². The smallest absolute Gasteiger partial charge is 0.0638 e. The predicted molar refractivity (Wildman–Crippen MR) is 67.7 cm³/mol. The fraction of sp³-hybridized carbons (Fsp3) is 0.417. The van der Waals surface area contributed by atoms with Crippen LogP contribution in [0.3, 0.4) is 0 Å². The van der Waals surface area contributed by atoms with Crippen molar-refractivity contribution in [2.45, 2.75) is 33.9 Å². The zero-order valence-electron chi connectivity index (χ0n) is 9.92. The van der Waals surface area contributed by atoms with Crippen LogP contribution in [0.15, 0.2) is 10.8 Å². The van der Waals surface area contributed by atoms with E-state index in [-0.39, 0.29) is 0 Å². The first-order valence-corrected chi connectivity index (χ1v) is 6.35. The quantitative estimate of drug-likeness (QED) is 0.855. The van der Waals surface area contributed by atoms with E-state index >= 15 is 0 Å². The van der Waals surface area contributed by atoms with Gasteiger partial charge in [0, 0.05) is 24.3 Å². The number of thiophene rings is 1. The van der Waals surface area contributed by atoms with Crippen LogP contribution in [0.25, 0.3) is 0 Å². The Morgan fingerprint density at radius 3 is 2.62 bits per heavy atom. The normalized spacial score (nSPS) is 10.9. The lowest BCUT2D eigenvalue weighted by atomic mass is 10.2. The molecule has 0 aliphatic rings. The third-order valence-corrected chi connectivity index (χ3v) is 3.77. The van der Waals surface area contributed by atoms with E-state index in [0.717, 1.165) is 24.5 Å². The SMILES string of the molecule is Cc1cscc1CNCc1c(C)n[nH]c1C. The van der Waals surface area contributed by atoms with Gasteiger partial charge in [-0.05, 0) is 42.7 Å². The summed E-state index contributed by atoms with van der Waals surface area (Å²) in [7, 11) is 0. The maximum atomic E-state index is 4.19. The molecular weight excluding hydrogens is 218 g/mol. The fourth-order valence-electron chi connectivity index (χ4n) is 1.72. The molecule has 4 heteroatoms. The van der Waals surface area contributed by atoms with E-state index in [9.17, 15) is 0 Å². The Kier molecular flexibility index (Phi) is 3.41. The number of nitrogens with zero attached hydrogens (tertiary/aromatic N) is 1. The summed E-state index contributed by atoms with van der Waals surface area (Å²) < 4.78 is 0. The van der Waals surface area contributed by atoms with Crippen LogP contribution in [0.4, 0.5) is 0 Å². The highest BCUT2D eigenvalue weighted by Crippen LogP contribution is 2.14. The lowest BCUT2D eigenvalue weighted by molar-refractivity contribution is 0.687. The summed E-state index contributed by atoms with van der Waals surface area (Å²) in [4.78, 5) is 0. The third-order valence-electron chi connectivity index (χ3n) is 2.86. The number of aromatic amines is 1. The van der Waals surface area contributed by atoms with E-state index in [1.807, 2.05) is 6.92 Å². The van der Waals surface area contributed by atoms with Gasteiger partial charge in [0.1, 0.15) is 0 Å². The highest BCUT2D eigenvalue weighted by molar-refractivity contribution is 7.08. The summed E-state index contributed by atoms with van der Waals surface area (Å²) in [5, 5.41) is 15.0. The van der Waals surface area contributed by atoms with Gasteiger partial charge in [0.25, 0.3) is 0 Å². The molecule has 0 amide bonds. The van der Waals surface area contributed by atoms with Crippen molar-refractivity contribution in [3.63, 3.8) is 0 Å². The van der Waals surface area contributed by atoms with Crippen molar-refractivity contribution in [3.8, 4) is 0 Å². The van der Waals surface area contributed by atoms with Crippen molar-refractivity contribution in [1.29, 1.82) is 0 Å². The summed E-state index contributed by atoms with van der Waals surface area (Å²) in [5.41, 5.74) is 6.30. The molecule has 0 atom stereocenters. The number of aromatic nitrogens is 2. The van der Waals surface area contributed by atoms with Gasteiger partial charge in [0.05, 0.1) is 5.69 Å². The van der Waals surface area contributed by atoms with Gasteiger partial charge in [-0.3, -0.25) is 5.10 Å². The van der Waals surface area contributed by atoms with Gasteiger partial charge >= 0.3 is 0 Å². The molecule has 2 rings (SSSR count). The van der Waals surface area contributed by atoms with E-state index in [0.29, 0.717) is 0 Å². The maximum absolute atomic E-state index is 4.19. The van der Waals surface area contributed by atoms with Crippen LogP contribution < -0.4 is 5.32 Å². The van der Waals surface area contributed by atoms with Crippen LogP contribution >= 0.6 is 11.3 Å². The van der Waals surface area contributed by atoms with E-state index in [2.05, 4.69) is 40.1 Å². The van der Waals surface area contributed by atoms with Crippen LogP contribution in [0, 0.1) is 20.8 Å². The maximum Gasteiger partial charge on any atom is 0.0638 e. The predicted octanol–water partition coefficient (Wildman–Crippen LogP) is 2.69. The Morgan fingerprint density at radius 1 is 1.25 bits per heavy atom.